The maximum Gasteiger partial charge on any atom is 0.159 e. The number of hydrogen-bond acceptors (Lipinski definition) is 6. The van der Waals surface area contributed by atoms with Gasteiger partial charge in [-0.05, 0) is 42.2 Å². The van der Waals surface area contributed by atoms with Gasteiger partial charge >= 0.3 is 0 Å². The van der Waals surface area contributed by atoms with E-state index in [0.717, 1.165) is 53.9 Å². The average molecular weight is 398 g/mol. The predicted molar refractivity (Wildman–Crippen MR) is 115 cm³/mol. The molecule has 150 valence electrons. The Morgan fingerprint density at radius 1 is 0.833 bits per heavy atom. The van der Waals surface area contributed by atoms with E-state index in [0.29, 0.717) is 17.7 Å². The van der Waals surface area contributed by atoms with E-state index < -0.39 is 0 Å². The summed E-state index contributed by atoms with van der Waals surface area (Å²) in [6.45, 7) is 1.59. The smallest absolute Gasteiger partial charge is 0.159 e. The molecule has 7 nitrogen and oxygen atoms in total. The van der Waals surface area contributed by atoms with E-state index in [9.17, 15) is 0 Å². The van der Waals surface area contributed by atoms with Gasteiger partial charge in [0.25, 0.3) is 0 Å². The van der Waals surface area contributed by atoms with Gasteiger partial charge in [0.05, 0.1) is 12.2 Å². The Labute approximate surface area is 174 Å². The van der Waals surface area contributed by atoms with E-state index in [2.05, 4.69) is 32.3 Å². The number of pyridine rings is 1. The Bertz CT molecular complexity index is 1150. The van der Waals surface area contributed by atoms with Crippen LogP contribution < -0.4 is 5.73 Å². The SMILES string of the molecule is Nc1cc(-c2cccc(-c3ncc(-c4cnn(C5CCOCC5)c4)cn3)c2)ccn1. The summed E-state index contributed by atoms with van der Waals surface area (Å²) in [5.74, 6) is 1.18. The largest absolute Gasteiger partial charge is 0.384 e. The van der Waals surface area contributed by atoms with E-state index in [-0.39, 0.29) is 0 Å². The van der Waals surface area contributed by atoms with E-state index in [1.165, 1.54) is 0 Å². The van der Waals surface area contributed by atoms with Gasteiger partial charge in [-0.3, -0.25) is 4.68 Å². The zero-order valence-electron chi connectivity index (χ0n) is 16.5. The molecule has 5 rings (SSSR count). The van der Waals surface area contributed by atoms with Crippen LogP contribution in [0.25, 0.3) is 33.6 Å². The molecule has 1 aromatic carbocycles. The summed E-state index contributed by atoms with van der Waals surface area (Å²) in [4.78, 5) is 13.2. The third-order valence-electron chi connectivity index (χ3n) is 5.39. The molecule has 0 spiro atoms. The number of nitrogens with zero attached hydrogens (tertiary/aromatic N) is 5. The molecule has 1 fully saturated rings. The summed E-state index contributed by atoms with van der Waals surface area (Å²) >= 11 is 0. The van der Waals surface area contributed by atoms with Crippen LogP contribution in [0.1, 0.15) is 18.9 Å². The molecule has 4 aromatic rings. The lowest BCUT2D eigenvalue weighted by molar-refractivity contribution is 0.0662. The van der Waals surface area contributed by atoms with E-state index in [1.807, 2.05) is 53.6 Å². The summed E-state index contributed by atoms with van der Waals surface area (Å²) in [5, 5.41) is 4.54. The molecule has 0 atom stereocenters. The summed E-state index contributed by atoms with van der Waals surface area (Å²) < 4.78 is 7.48. The minimum absolute atomic E-state index is 0.401. The van der Waals surface area contributed by atoms with Gasteiger partial charge < -0.3 is 10.5 Å². The zero-order chi connectivity index (χ0) is 20.3. The van der Waals surface area contributed by atoms with Gasteiger partial charge in [0, 0.05) is 54.7 Å². The molecular weight excluding hydrogens is 376 g/mol. The Balaban J connectivity index is 1.38. The lowest BCUT2D eigenvalue weighted by Crippen LogP contribution is -2.19. The Morgan fingerprint density at radius 2 is 1.60 bits per heavy atom. The van der Waals surface area contributed by atoms with Crippen LogP contribution in [-0.2, 0) is 4.74 Å². The van der Waals surface area contributed by atoms with E-state index >= 15 is 0 Å². The first-order valence-corrected chi connectivity index (χ1v) is 10.0. The second-order valence-electron chi connectivity index (χ2n) is 7.40. The fraction of sp³-hybridized carbons (Fsp3) is 0.217. The van der Waals surface area contributed by atoms with E-state index in [1.54, 1.807) is 6.20 Å². The Morgan fingerprint density at radius 3 is 2.40 bits per heavy atom. The van der Waals surface area contributed by atoms with Crippen molar-refractivity contribution in [3.8, 4) is 33.6 Å². The maximum atomic E-state index is 5.82. The topological polar surface area (TPSA) is 91.7 Å². The van der Waals surface area contributed by atoms with Gasteiger partial charge in [0.2, 0.25) is 0 Å². The van der Waals surface area contributed by atoms with Gasteiger partial charge in [-0.25, -0.2) is 15.0 Å². The first kappa shape index (κ1) is 18.4. The van der Waals surface area contributed by atoms with Crippen LogP contribution in [0, 0.1) is 0 Å². The molecule has 1 saturated heterocycles. The summed E-state index contributed by atoms with van der Waals surface area (Å²) in [7, 11) is 0. The standard InChI is InChI=1S/C23H22N6O/c24-22-11-17(4-7-25-22)16-2-1-3-18(10-16)23-26-12-19(13-27-23)20-14-28-29(15-20)21-5-8-30-9-6-21/h1-4,7,10-15,21H,5-6,8-9H2,(H2,24,25). The maximum absolute atomic E-state index is 5.82. The number of hydrogen-bond donors (Lipinski definition) is 1. The Kier molecular flexibility index (Phi) is 4.94. The van der Waals surface area contributed by atoms with Gasteiger partial charge in [-0.15, -0.1) is 0 Å². The number of nitrogens with two attached hydrogens (primary N) is 1. The molecule has 0 amide bonds. The number of nitrogen functional groups attached to an aromatic ring is 1. The highest BCUT2D eigenvalue weighted by Gasteiger charge is 2.17. The highest BCUT2D eigenvalue weighted by molar-refractivity contribution is 5.71. The first-order valence-electron chi connectivity index (χ1n) is 10.0. The van der Waals surface area contributed by atoms with Crippen molar-refractivity contribution in [3.63, 3.8) is 0 Å². The molecule has 0 radical (unpaired) electrons. The molecule has 0 unspecified atom stereocenters. The van der Waals surface area contributed by atoms with Crippen molar-refractivity contribution >= 4 is 5.82 Å². The van der Waals surface area contributed by atoms with Crippen LogP contribution in [0.15, 0.2) is 67.4 Å². The van der Waals surface area contributed by atoms with Crippen LogP contribution in [0.2, 0.25) is 0 Å². The van der Waals surface area contributed by atoms with Gasteiger partial charge in [-0.2, -0.15) is 5.10 Å². The highest BCUT2D eigenvalue weighted by Crippen LogP contribution is 2.27. The zero-order valence-corrected chi connectivity index (χ0v) is 16.5. The molecule has 3 aromatic heterocycles. The number of aromatic nitrogens is 5. The molecule has 0 aliphatic carbocycles. The molecule has 4 heterocycles. The monoisotopic (exact) mass is 398 g/mol. The van der Waals surface area contributed by atoms with Crippen LogP contribution in [0.5, 0.6) is 0 Å². The van der Waals surface area contributed by atoms with Crippen molar-refractivity contribution in [1.29, 1.82) is 0 Å². The van der Waals surface area contributed by atoms with Crippen LogP contribution in [-0.4, -0.2) is 37.9 Å². The van der Waals surface area contributed by atoms with Gasteiger partial charge in [-0.1, -0.05) is 18.2 Å². The fourth-order valence-electron chi connectivity index (χ4n) is 3.73. The molecular formula is C23H22N6O. The molecule has 30 heavy (non-hydrogen) atoms. The third kappa shape index (κ3) is 3.79. The van der Waals surface area contributed by atoms with Crippen LogP contribution in [0.4, 0.5) is 5.82 Å². The minimum Gasteiger partial charge on any atom is -0.384 e. The third-order valence-corrected chi connectivity index (χ3v) is 5.39. The molecule has 1 aliphatic rings. The van der Waals surface area contributed by atoms with E-state index in [4.69, 9.17) is 10.5 Å². The molecule has 7 heteroatoms. The van der Waals surface area contributed by atoms with Crippen LogP contribution in [0.3, 0.4) is 0 Å². The number of ether oxygens (including phenoxy) is 1. The van der Waals surface area contributed by atoms with Crippen molar-refractivity contribution in [2.45, 2.75) is 18.9 Å². The van der Waals surface area contributed by atoms with Crippen molar-refractivity contribution in [3.05, 3.63) is 67.4 Å². The molecule has 0 saturated carbocycles. The molecule has 0 bridgehead atoms. The summed E-state index contributed by atoms with van der Waals surface area (Å²) in [6.07, 6.45) is 11.4. The summed E-state index contributed by atoms with van der Waals surface area (Å²) in [5.41, 5.74) is 10.8. The predicted octanol–water partition coefficient (Wildman–Crippen LogP) is 4.00. The van der Waals surface area contributed by atoms with Crippen molar-refractivity contribution in [2.24, 2.45) is 0 Å². The second-order valence-corrected chi connectivity index (χ2v) is 7.40. The lowest BCUT2D eigenvalue weighted by Gasteiger charge is -2.22. The van der Waals surface area contributed by atoms with Gasteiger partial charge in [0.1, 0.15) is 5.82 Å². The Hall–Kier alpha value is -3.58. The quantitative estimate of drug-likeness (QED) is 0.559. The highest BCUT2D eigenvalue weighted by atomic mass is 16.5. The van der Waals surface area contributed by atoms with Crippen molar-refractivity contribution in [1.82, 2.24) is 24.7 Å². The van der Waals surface area contributed by atoms with Crippen molar-refractivity contribution < 1.29 is 4.74 Å². The lowest BCUT2D eigenvalue weighted by atomic mass is 10.0. The number of rotatable bonds is 4. The first-order chi connectivity index (χ1) is 14.8. The summed E-state index contributed by atoms with van der Waals surface area (Å²) in [6, 6.07) is 12.3. The van der Waals surface area contributed by atoms with Crippen LogP contribution >= 0.6 is 0 Å². The van der Waals surface area contributed by atoms with Crippen molar-refractivity contribution in [2.75, 3.05) is 18.9 Å². The number of benzene rings is 1. The second kappa shape index (κ2) is 8.04. The minimum atomic E-state index is 0.401. The average Bonchev–Trinajstić information content (AvgIpc) is 3.30. The fourth-order valence-corrected chi connectivity index (χ4v) is 3.73. The molecule has 1 aliphatic heterocycles. The van der Waals surface area contributed by atoms with Gasteiger partial charge in [0.15, 0.2) is 5.82 Å². The molecule has 2 N–H and O–H groups in total. The number of anilines is 1. The normalized spacial score (nSPS) is 14.7.